The van der Waals surface area contributed by atoms with Crippen LogP contribution < -0.4 is 10.1 Å². The highest BCUT2D eigenvalue weighted by molar-refractivity contribution is 6.07. The standard InChI is InChI=1S/C20H20N2O4/c1-3-22(4-2)20(25)13-8-10-15(11-9-13)21-19(24)16-7-5-6-14-12-17(23)26-18(14)16/h5-11H,3-4,12H2,1-2H3,(H,21,24). The van der Waals surface area contributed by atoms with Crippen molar-refractivity contribution in [3.63, 3.8) is 0 Å². The molecule has 0 atom stereocenters. The van der Waals surface area contributed by atoms with Crippen molar-refractivity contribution >= 4 is 23.5 Å². The maximum Gasteiger partial charge on any atom is 0.315 e. The van der Waals surface area contributed by atoms with Crippen molar-refractivity contribution < 1.29 is 19.1 Å². The maximum absolute atomic E-state index is 12.5. The molecule has 0 bridgehead atoms. The average molecular weight is 352 g/mol. The lowest BCUT2D eigenvalue weighted by molar-refractivity contribution is -0.131. The van der Waals surface area contributed by atoms with E-state index in [0.29, 0.717) is 41.2 Å². The van der Waals surface area contributed by atoms with E-state index >= 15 is 0 Å². The number of anilines is 1. The molecule has 2 aromatic carbocycles. The van der Waals surface area contributed by atoms with Gasteiger partial charge in [-0.15, -0.1) is 0 Å². The van der Waals surface area contributed by atoms with Crippen molar-refractivity contribution in [3.05, 3.63) is 59.2 Å². The first-order valence-electron chi connectivity index (χ1n) is 8.56. The number of ether oxygens (including phenoxy) is 1. The number of esters is 1. The van der Waals surface area contributed by atoms with Gasteiger partial charge in [0.25, 0.3) is 11.8 Å². The van der Waals surface area contributed by atoms with Crippen LogP contribution in [0.1, 0.15) is 40.1 Å². The van der Waals surface area contributed by atoms with Gasteiger partial charge >= 0.3 is 5.97 Å². The molecule has 0 saturated carbocycles. The number of nitrogens with zero attached hydrogens (tertiary/aromatic N) is 1. The highest BCUT2D eigenvalue weighted by atomic mass is 16.5. The third-order valence-electron chi connectivity index (χ3n) is 4.33. The molecule has 2 aromatic rings. The van der Waals surface area contributed by atoms with Gasteiger partial charge in [-0.2, -0.15) is 0 Å². The average Bonchev–Trinajstić information content (AvgIpc) is 3.03. The Labute approximate surface area is 151 Å². The molecule has 134 valence electrons. The van der Waals surface area contributed by atoms with E-state index in [1.54, 1.807) is 47.4 Å². The molecule has 0 fully saturated rings. The molecule has 26 heavy (non-hydrogen) atoms. The molecular formula is C20H20N2O4. The molecule has 1 aliphatic rings. The molecule has 1 heterocycles. The molecule has 3 rings (SSSR count). The summed E-state index contributed by atoms with van der Waals surface area (Å²) in [6, 6.07) is 11.8. The highest BCUT2D eigenvalue weighted by Gasteiger charge is 2.26. The molecule has 6 heteroatoms. The number of hydrogen-bond acceptors (Lipinski definition) is 4. The predicted molar refractivity (Wildman–Crippen MR) is 97.4 cm³/mol. The number of carbonyl (C=O) groups excluding carboxylic acids is 3. The molecule has 1 aliphatic heterocycles. The molecule has 0 radical (unpaired) electrons. The number of carbonyl (C=O) groups is 3. The number of fused-ring (bicyclic) bond motifs is 1. The normalized spacial score (nSPS) is 12.3. The Balaban J connectivity index is 1.74. The Morgan fingerprint density at radius 3 is 2.42 bits per heavy atom. The second kappa shape index (κ2) is 7.39. The van der Waals surface area contributed by atoms with Gasteiger partial charge in [0.1, 0.15) is 5.75 Å². The van der Waals surface area contributed by atoms with Gasteiger partial charge in [0.05, 0.1) is 12.0 Å². The van der Waals surface area contributed by atoms with Crippen LogP contribution in [0.5, 0.6) is 5.75 Å². The van der Waals surface area contributed by atoms with Crippen LogP contribution in [0.15, 0.2) is 42.5 Å². The zero-order valence-corrected chi connectivity index (χ0v) is 14.7. The third kappa shape index (κ3) is 3.44. The van der Waals surface area contributed by atoms with E-state index in [1.165, 1.54) is 0 Å². The summed E-state index contributed by atoms with van der Waals surface area (Å²) in [6.45, 7) is 5.15. The van der Waals surface area contributed by atoms with Crippen molar-refractivity contribution in [1.29, 1.82) is 0 Å². The summed E-state index contributed by atoms with van der Waals surface area (Å²) in [5, 5.41) is 2.77. The highest BCUT2D eigenvalue weighted by Crippen LogP contribution is 2.30. The summed E-state index contributed by atoms with van der Waals surface area (Å²) < 4.78 is 5.15. The lowest BCUT2D eigenvalue weighted by Crippen LogP contribution is -2.30. The minimum Gasteiger partial charge on any atom is -0.425 e. The third-order valence-corrected chi connectivity index (χ3v) is 4.33. The van der Waals surface area contributed by atoms with Crippen LogP contribution in [-0.4, -0.2) is 35.8 Å². The van der Waals surface area contributed by atoms with Crippen LogP contribution in [0.3, 0.4) is 0 Å². The van der Waals surface area contributed by atoms with Crippen LogP contribution in [0.25, 0.3) is 0 Å². The smallest absolute Gasteiger partial charge is 0.315 e. The minimum atomic E-state index is -0.362. The number of para-hydroxylation sites is 1. The quantitative estimate of drug-likeness (QED) is 0.663. The lowest BCUT2D eigenvalue weighted by atomic mass is 10.1. The van der Waals surface area contributed by atoms with E-state index in [0.717, 1.165) is 0 Å². The zero-order valence-electron chi connectivity index (χ0n) is 14.7. The number of hydrogen-bond donors (Lipinski definition) is 1. The minimum absolute atomic E-state index is 0.0410. The SMILES string of the molecule is CCN(CC)C(=O)c1ccc(NC(=O)c2cccc3c2OC(=O)C3)cc1. The Bertz CT molecular complexity index is 855. The second-order valence-corrected chi connectivity index (χ2v) is 5.95. The van der Waals surface area contributed by atoms with Gasteiger partial charge < -0.3 is 15.0 Å². The monoisotopic (exact) mass is 352 g/mol. The van der Waals surface area contributed by atoms with E-state index in [4.69, 9.17) is 4.74 Å². The Morgan fingerprint density at radius 2 is 1.77 bits per heavy atom. The number of benzene rings is 2. The van der Waals surface area contributed by atoms with Gasteiger partial charge in [0.15, 0.2) is 0 Å². The largest absolute Gasteiger partial charge is 0.425 e. The predicted octanol–water partition coefficient (Wildman–Crippen LogP) is 2.88. The summed E-state index contributed by atoms with van der Waals surface area (Å²) in [5.74, 6) is -0.442. The molecule has 0 aliphatic carbocycles. The zero-order chi connectivity index (χ0) is 18.7. The summed E-state index contributed by atoms with van der Waals surface area (Å²) in [4.78, 5) is 38.0. The van der Waals surface area contributed by atoms with Gasteiger partial charge in [-0.05, 0) is 44.2 Å². The van der Waals surface area contributed by atoms with Crippen molar-refractivity contribution in [2.75, 3.05) is 18.4 Å². The topological polar surface area (TPSA) is 75.7 Å². The van der Waals surface area contributed by atoms with Gasteiger partial charge in [-0.3, -0.25) is 14.4 Å². The summed E-state index contributed by atoms with van der Waals surface area (Å²) in [7, 11) is 0. The fraction of sp³-hybridized carbons (Fsp3) is 0.250. The van der Waals surface area contributed by atoms with Gasteiger partial charge in [-0.1, -0.05) is 12.1 Å². The second-order valence-electron chi connectivity index (χ2n) is 5.95. The van der Waals surface area contributed by atoms with Crippen LogP contribution in [0, 0.1) is 0 Å². The molecule has 1 N–H and O–H groups in total. The Kier molecular flexibility index (Phi) is 5.02. The fourth-order valence-electron chi connectivity index (χ4n) is 2.92. The van der Waals surface area contributed by atoms with Crippen LogP contribution in [-0.2, 0) is 11.2 Å². The first kappa shape index (κ1) is 17.7. The molecular weight excluding hydrogens is 332 g/mol. The molecule has 0 unspecified atom stereocenters. The van der Waals surface area contributed by atoms with Crippen molar-refractivity contribution in [2.24, 2.45) is 0 Å². The first-order chi connectivity index (χ1) is 12.5. The Hall–Kier alpha value is -3.15. The van der Waals surface area contributed by atoms with E-state index in [9.17, 15) is 14.4 Å². The molecule has 6 nitrogen and oxygen atoms in total. The molecule has 0 aromatic heterocycles. The van der Waals surface area contributed by atoms with E-state index in [-0.39, 0.29) is 24.2 Å². The molecule has 2 amide bonds. The molecule has 0 saturated heterocycles. The van der Waals surface area contributed by atoms with E-state index in [1.807, 2.05) is 13.8 Å². The summed E-state index contributed by atoms with van der Waals surface area (Å²) in [6.07, 6.45) is 0.179. The number of rotatable bonds is 5. The van der Waals surface area contributed by atoms with E-state index in [2.05, 4.69) is 5.32 Å². The number of nitrogens with one attached hydrogen (secondary N) is 1. The van der Waals surface area contributed by atoms with Gasteiger partial charge in [0.2, 0.25) is 0 Å². The van der Waals surface area contributed by atoms with Crippen molar-refractivity contribution in [3.8, 4) is 5.75 Å². The van der Waals surface area contributed by atoms with Crippen molar-refractivity contribution in [2.45, 2.75) is 20.3 Å². The lowest BCUT2D eigenvalue weighted by Gasteiger charge is -2.18. The summed E-state index contributed by atoms with van der Waals surface area (Å²) >= 11 is 0. The Morgan fingerprint density at radius 1 is 1.08 bits per heavy atom. The van der Waals surface area contributed by atoms with Gasteiger partial charge in [-0.25, -0.2) is 0 Å². The molecule has 0 spiro atoms. The fourth-order valence-corrected chi connectivity index (χ4v) is 2.92. The van der Waals surface area contributed by atoms with Crippen molar-refractivity contribution in [1.82, 2.24) is 4.90 Å². The van der Waals surface area contributed by atoms with Crippen LogP contribution in [0.2, 0.25) is 0 Å². The summed E-state index contributed by atoms with van der Waals surface area (Å²) in [5.41, 5.74) is 2.16. The van der Waals surface area contributed by atoms with Gasteiger partial charge in [0, 0.05) is 29.9 Å². The van der Waals surface area contributed by atoms with Crippen LogP contribution >= 0.6 is 0 Å². The van der Waals surface area contributed by atoms with E-state index < -0.39 is 0 Å². The number of amides is 2. The van der Waals surface area contributed by atoms with Crippen LogP contribution in [0.4, 0.5) is 5.69 Å². The first-order valence-corrected chi connectivity index (χ1v) is 8.56. The maximum atomic E-state index is 12.5.